The van der Waals surface area contributed by atoms with E-state index in [2.05, 4.69) is 35.8 Å². The zero-order valence-electron chi connectivity index (χ0n) is 11.3. The van der Waals surface area contributed by atoms with Crippen LogP contribution in [0.5, 0.6) is 5.75 Å². The van der Waals surface area contributed by atoms with Gasteiger partial charge in [-0.05, 0) is 48.2 Å². The lowest BCUT2D eigenvalue weighted by molar-refractivity contribution is 0.414. The van der Waals surface area contributed by atoms with Crippen molar-refractivity contribution in [1.29, 1.82) is 0 Å². The van der Waals surface area contributed by atoms with Crippen molar-refractivity contribution in [1.82, 2.24) is 5.32 Å². The molecule has 1 N–H and O–H groups in total. The van der Waals surface area contributed by atoms with Gasteiger partial charge >= 0.3 is 0 Å². The van der Waals surface area contributed by atoms with E-state index in [-0.39, 0.29) is 0 Å². The largest absolute Gasteiger partial charge is 0.497 e. The second-order valence-corrected chi connectivity index (χ2v) is 6.40. The molecule has 2 rings (SSSR count). The Balaban J connectivity index is 1.65. The van der Waals surface area contributed by atoms with Crippen LogP contribution in [-0.4, -0.2) is 19.4 Å². The molecule has 0 saturated carbocycles. The Labute approximate surface area is 123 Å². The Hall–Kier alpha value is -0.970. The molecule has 0 aliphatic carbocycles. The molecule has 0 aliphatic heterocycles. The minimum Gasteiger partial charge on any atom is -0.497 e. The van der Waals surface area contributed by atoms with Crippen LogP contribution in [0.4, 0.5) is 0 Å². The van der Waals surface area contributed by atoms with Crippen LogP contribution in [0.15, 0.2) is 40.6 Å². The highest BCUT2D eigenvalue weighted by Gasteiger charge is 1.99. The molecule has 0 saturated heterocycles. The fourth-order valence-corrected chi connectivity index (χ4v) is 3.39. The van der Waals surface area contributed by atoms with Crippen LogP contribution in [0.1, 0.15) is 10.4 Å². The fourth-order valence-electron chi connectivity index (χ4n) is 1.70. The van der Waals surface area contributed by atoms with E-state index in [1.165, 1.54) is 15.3 Å². The maximum absolute atomic E-state index is 5.14. The number of rotatable bonds is 7. The molecular formula is C15H19NOS2. The Kier molecular flexibility index (Phi) is 5.76. The Morgan fingerprint density at radius 1 is 1.21 bits per heavy atom. The number of nitrogens with one attached hydrogen (secondary N) is 1. The van der Waals surface area contributed by atoms with Gasteiger partial charge in [0.2, 0.25) is 0 Å². The molecule has 0 spiro atoms. The first kappa shape index (κ1) is 14.4. The van der Waals surface area contributed by atoms with Crippen molar-refractivity contribution in [3.63, 3.8) is 0 Å². The van der Waals surface area contributed by atoms with Crippen molar-refractivity contribution < 1.29 is 4.74 Å². The molecular weight excluding hydrogens is 274 g/mol. The SMILES string of the molecule is COc1ccc(SCCNCc2sccc2C)cc1. The highest BCUT2D eigenvalue weighted by Crippen LogP contribution is 2.20. The number of hydrogen-bond acceptors (Lipinski definition) is 4. The smallest absolute Gasteiger partial charge is 0.118 e. The van der Waals surface area contributed by atoms with E-state index in [4.69, 9.17) is 4.74 Å². The van der Waals surface area contributed by atoms with Gasteiger partial charge < -0.3 is 10.1 Å². The molecule has 1 aromatic carbocycles. The second kappa shape index (κ2) is 7.58. The van der Waals surface area contributed by atoms with Crippen molar-refractivity contribution in [2.75, 3.05) is 19.4 Å². The zero-order chi connectivity index (χ0) is 13.5. The number of methoxy groups -OCH3 is 1. The summed E-state index contributed by atoms with van der Waals surface area (Å²) in [4.78, 5) is 2.73. The van der Waals surface area contributed by atoms with E-state index in [0.717, 1.165) is 24.6 Å². The normalized spacial score (nSPS) is 10.6. The van der Waals surface area contributed by atoms with Gasteiger partial charge in [0, 0.05) is 28.6 Å². The third-order valence-electron chi connectivity index (χ3n) is 2.86. The summed E-state index contributed by atoms with van der Waals surface area (Å²) in [6.07, 6.45) is 0. The average Bonchev–Trinajstić information content (AvgIpc) is 2.85. The number of thioether (sulfide) groups is 1. The van der Waals surface area contributed by atoms with Crippen molar-refractivity contribution in [2.45, 2.75) is 18.4 Å². The Morgan fingerprint density at radius 3 is 2.63 bits per heavy atom. The minimum atomic E-state index is 0.913. The first-order chi connectivity index (χ1) is 9.29. The number of benzene rings is 1. The van der Waals surface area contributed by atoms with E-state index < -0.39 is 0 Å². The van der Waals surface area contributed by atoms with E-state index in [9.17, 15) is 0 Å². The summed E-state index contributed by atoms with van der Waals surface area (Å²) in [6.45, 7) is 4.17. The molecule has 0 bridgehead atoms. The number of aryl methyl sites for hydroxylation is 1. The van der Waals surface area contributed by atoms with E-state index in [1.54, 1.807) is 7.11 Å². The lowest BCUT2D eigenvalue weighted by Gasteiger charge is -2.05. The van der Waals surface area contributed by atoms with Gasteiger partial charge in [0.25, 0.3) is 0 Å². The molecule has 0 radical (unpaired) electrons. The van der Waals surface area contributed by atoms with E-state index in [0.29, 0.717) is 0 Å². The average molecular weight is 293 g/mol. The molecule has 102 valence electrons. The molecule has 0 aliphatic rings. The highest BCUT2D eigenvalue weighted by molar-refractivity contribution is 7.99. The van der Waals surface area contributed by atoms with Crippen molar-refractivity contribution in [3.8, 4) is 5.75 Å². The maximum atomic E-state index is 5.14. The molecule has 0 amide bonds. The van der Waals surface area contributed by atoms with Crippen LogP contribution in [0, 0.1) is 6.92 Å². The van der Waals surface area contributed by atoms with Crippen molar-refractivity contribution in [2.24, 2.45) is 0 Å². The summed E-state index contributed by atoms with van der Waals surface area (Å²) in [5.41, 5.74) is 1.39. The van der Waals surface area contributed by atoms with Gasteiger partial charge in [0.1, 0.15) is 5.75 Å². The molecule has 4 heteroatoms. The number of thiophene rings is 1. The van der Waals surface area contributed by atoms with Gasteiger partial charge in [-0.2, -0.15) is 0 Å². The van der Waals surface area contributed by atoms with Gasteiger partial charge in [-0.1, -0.05) is 0 Å². The third-order valence-corrected chi connectivity index (χ3v) is 4.90. The van der Waals surface area contributed by atoms with Crippen molar-refractivity contribution >= 4 is 23.1 Å². The summed E-state index contributed by atoms with van der Waals surface area (Å²) >= 11 is 3.69. The molecule has 0 atom stereocenters. The van der Waals surface area contributed by atoms with Crippen LogP contribution in [-0.2, 0) is 6.54 Å². The van der Waals surface area contributed by atoms with Crippen LogP contribution in [0.2, 0.25) is 0 Å². The Morgan fingerprint density at radius 2 is 2.00 bits per heavy atom. The summed E-state index contributed by atoms with van der Waals surface area (Å²) in [5.74, 6) is 1.99. The molecule has 2 nitrogen and oxygen atoms in total. The second-order valence-electron chi connectivity index (χ2n) is 4.23. The molecule has 0 unspecified atom stereocenters. The third kappa shape index (κ3) is 4.56. The molecule has 2 aromatic rings. The monoisotopic (exact) mass is 293 g/mol. The predicted molar refractivity (Wildman–Crippen MR) is 84.5 cm³/mol. The predicted octanol–water partition coefficient (Wildman–Crippen LogP) is 3.95. The van der Waals surface area contributed by atoms with Crippen LogP contribution >= 0.6 is 23.1 Å². The summed E-state index contributed by atoms with van der Waals surface area (Å²) in [6, 6.07) is 10.4. The minimum absolute atomic E-state index is 0.913. The van der Waals surface area contributed by atoms with Gasteiger partial charge in [-0.3, -0.25) is 0 Å². The topological polar surface area (TPSA) is 21.3 Å². The van der Waals surface area contributed by atoms with E-state index in [1.807, 2.05) is 35.2 Å². The van der Waals surface area contributed by atoms with E-state index >= 15 is 0 Å². The fraction of sp³-hybridized carbons (Fsp3) is 0.333. The maximum Gasteiger partial charge on any atom is 0.118 e. The zero-order valence-corrected chi connectivity index (χ0v) is 12.9. The lowest BCUT2D eigenvalue weighted by atomic mass is 10.3. The number of hydrogen-bond donors (Lipinski definition) is 1. The summed E-state index contributed by atoms with van der Waals surface area (Å²) in [5, 5.41) is 5.64. The van der Waals surface area contributed by atoms with Crippen LogP contribution < -0.4 is 10.1 Å². The van der Waals surface area contributed by atoms with Gasteiger partial charge in [-0.25, -0.2) is 0 Å². The standard InChI is InChI=1S/C15H19NOS2/c1-12-7-9-19-15(12)11-16-8-10-18-14-5-3-13(17-2)4-6-14/h3-7,9,16H,8,10-11H2,1-2H3. The molecule has 1 aromatic heterocycles. The van der Waals surface area contributed by atoms with Gasteiger partial charge in [0.15, 0.2) is 0 Å². The Bertz CT molecular complexity index is 493. The van der Waals surface area contributed by atoms with Crippen molar-refractivity contribution in [3.05, 3.63) is 46.2 Å². The molecule has 0 fully saturated rings. The number of ether oxygens (including phenoxy) is 1. The molecule has 19 heavy (non-hydrogen) atoms. The highest BCUT2D eigenvalue weighted by atomic mass is 32.2. The van der Waals surface area contributed by atoms with Gasteiger partial charge in [0.05, 0.1) is 7.11 Å². The first-order valence-electron chi connectivity index (χ1n) is 6.30. The van der Waals surface area contributed by atoms with Crippen LogP contribution in [0.25, 0.3) is 0 Å². The van der Waals surface area contributed by atoms with Crippen LogP contribution in [0.3, 0.4) is 0 Å². The quantitative estimate of drug-likeness (QED) is 0.617. The van der Waals surface area contributed by atoms with Gasteiger partial charge in [-0.15, -0.1) is 23.1 Å². The summed E-state index contributed by atoms with van der Waals surface area (Å²) < 4.78 is 5.14. The summed E-state index contributed by atoms with van der Waals surface area (Å²) in [7, 11) is 1.69. The molecule has 1 heterocycles. The first-order valence-corrected chi connectivity index (χ1v) is 8.16. The lowest BCUT2D eigenvalue weighted by Crippen LogP contribution is -2.16.